The molecule has 0 N–H and O–H groups in total. The number of unbranched alkanes of at least 4 members (excludes halogenated alkanes) is 9. The molecule has 0 amide bonds. The van der Waals surface area contributed by atoms with Gasteiger partial charge in [0.15, 0.2) is 0 Å². The highest BCUT2D eigenvalue weighted by Gasteiger charge is 1.97. The van der Waals surface area contributed by atoms with Crippen LogP contribution in [0.5, 0.6) is 0 Å². The van der Waals surface area contributed by atoms with Crippen molar-refractivity contribution in [3.63, 3.8) is 0 Å². The molecule has 0 unspecified atom stereocenters. The minimum atomic E-state index is -0.350. The standard InChI is InChI=1S/C23H32O2/c1-3-4-5-6-7-8-9-10-11-12-13-16-21-17-14-15-18-22(21)19-20-23(24)25-2/h14-15,17-20H,3-12H2,1-2H3. The molecule has 0 aliphatic rings. The molecular formula is C23H32O2. The molecule has 25 heavy (non-hydrogen) atoms. The second kappa shape index (κ2) is 14.3. The predicted molar refractivity (Wildman–Crippen MR) is 106 cm³/mol. The third-order valence-electron chi connectivity index (χ3n) is 4.19. The third-order valence-corrected chi connectivity index (χ3v) is 4.19. The van der Waals surface area contributed by atoms with Gasteiger partial charge in [0.05, 0.1) is 7.11 Å². The molecule has 0 saturated carbocycles. The number of rotatable bonds is 11. The second-order valence-electron chi connectivity index (χ2n) is 6.32. The number of ether oxygens (including phenoxy) is 1. The fourth-order valence-electron chi connectivity index (χ4n) is 2.66. The summed E-state index contributed by atoms with van der Waals surface area (Å²) in [5, 5.41) is 0. The van der Waals surface area contributed by atoms with Crippen molar-refractivity contribution >= 4 is 12.0 Å². The largest absolute Gasteiger partial charge is 0.466 e. The summed E-state index contributed by atoms with van der Waals surface area (Å²) in [6.07, 6.45) is 16.1. The van der Waals surface area contributed by atoms with Crippen LogP contribution < -0.4 is 0 Å². The van der Waals surface area contributed by atoms with Gasteiger partial charge in [-0.1, -0.05) is 88.3 Å². The topological polar surface area (TPSA) is 26.3 Å². The minimum absolute atomic E-state index is 0.350. The zero-order valence-electron chi connectivity index (χ0n) is 15.9. The summed E-state index contributed by atoms with van der Waals surface area (Å²) in [4.78, 5) is 11.2. The van der Waals surface area contributed by atoms with Crippen LogP contribution in [0.2, 0.25) is 0 Å². The van der Waals surface area contributed by atoms with Gasteiger partial charge >= 0.3 is 5.97 Å². The number of carbonyl (C=O) groups excluding carboxylic acids is 1. The predicted octanol–water partition coefficient (Wildman–Crippen LogP) is 6.15. The molecule has 1 aromatic rings. The van der Waals surface area contributed by atoms with E-state index in [0.717, 1.165) is 17.5 Å². The maximum atomic E-state index is 11.2. The SMILES string of the molecule is CCCCCCCCCCCC#Cc1ccccc1C=CC(=O)OC. The molecule has 2 heteroatoms. The first-order valence-corrected chi connectivity index (χ1v) is 9.62. The van der Waals surface area contributed by atoms with E-state index in [9.17, 15) is 4.79 Å². The lowest BCUT2D eigenvalue weighted by atomic mass is 10.1. The van der Waals surface area contributed by atoms with Gasteiger partial charge in [0.1, 0.15) is 0 Å². The molecule has 0 bridgehead atoms. The Balaban J connectivity index is 2.27. The first-order chi connectivity index (χ1) is 12.3. The minimum Gasteiger partial charge on any atom is -0.466 e. The molecule has 0 heterocycles. The van der Waals surface area contributed by atoms with Crippen LogP contribution in [0, 0.1) is 11.8 Å². The lowest BCUT2D eigenvalue weighted by Crippen LogP contribution is -1.93. The van der Waals surface area contributed by atoms with E-state index in [1.54, 1.807) is 6.08 Å². The highest BCUT2D eigenvalue weighted by molar-refractivity contribution is 5.87. The van der Waals surface area contributed by atoms with Crippen molar-refractivity contribution < 1.29 is 9.53 Å². The van der Waals surface area contributed by atoms with E-state index in [0.29, 0.717) is 0 Å². The zero-order valence-corrected chi connectivity index (χ0v) is 15.9. The molecule has 2 nitrogen and oxygen atoms in total. The van der Waals surface area contributed by atoms with Crippen LogP contribution in [0.3, 0.4) is 0 Å². The number of esters is 1. The molecule has 0 fully saturated rings. The molecular weight excluding hydrogens is 308 g/mol. The van der Waals surface area contributed by atoms with Crippen LogP contribution in [-0.2, 0) is 9.53 Å². The van der Waals surface area contributed by atoms with Crippen molar-refractivity contribution in [2.24, 2.45) is 0 Å². The summed E-state index contributed by atoms with van der Waals surface area (Å²) in [6, 6.07) is 7.86. The summed E-state index contributed by atoms with van der Waals surface area (Å²) in [5.74, 6) is 6.14. The summed E-state index contributed by atoms with van der Waals surface area (Å²) in [5.41, 5.74) is 1.91. The van der Waals surface area contributed by atoms with Gasteiger partial charge in [-0.25, -0.2) is 4.79 Å². The number of benzene rings is 1. The van der Waals surface area contributed by atoms with Gasteiger partial charge in [-0.2, -0.15) is 0 Å². The molecule has 136 valence electrons. The normalized spacial score (nSPS) is 10.5. The fourth-order valence-corrected chi connectivity index (χ4v) is 2.66. The smallest absolute Gasteiger partial charge is 0.330 e. The van der Waals surface area contributed by atoms with Crippen molar-refractivity contribution in [2.75, 3.05) is 7.11 Å². The average molecular weight is 341 g/mol. The summed E-state index contributed by atoms with van der Waals surface area (Å²) in [6.45, 7) is 2.26. The lowest BCUT2D eigenvalue weighted by molar-refractivity contribution is -0.134. The van der Waals surface area contributed by atoms with Gasteiger partial charge in [0.2, 0.25) is 0 Å². The van der Waals surface area contributed by atoms with Crippen LogP contribution in [0.1, 0.15) is 82.3 Å². The van der Waals surface area contributed by atoms with Crippen molar-refractivity contribution in [2.45, 2.75) is 71.1 Å². The number of hydrogen-bond acceptors (Lipinski definition) is 2. The highest BCUT2D eigenvalue weighted by Crippen LogP contribution is 2.11. The third kappa shape index (κ3) is 10.5. The molecule has 0 saturated heterocycles. The first kappa shape index (κ1) is 21.0. The molecule has 0 aliphatic heterocycles. The van der Waals surface area contributed by atoms with E-state index >= 15 is 0 Å². The van der Waals surface area contributed by atoms with E-state index < -0.39 is 0 Å². The molecule has 1 rings (SSSR count). The van der Waals surface area contributed by atoms with E-state index in [1.807, 2.05) is 24.3 Å². The zero-order chi connectivity index (χ0) is 18.2. The van der Waals surface area contributed by atoms with Crippen LogP contribution in [0.4, 0.5) is 0 Å². The average Bonchev–Trinajstić information content (AvgIpc) is 2.64. The van der Waals surface area contributed by atoms with Crippen molar-refractivity contribution in [3.8, 4) is 11.8 Å². The van der Waals surface area contributed by atoms with Gasteiger partial charge in [-0.15, -0.1) is 0 Å². The van der Waals surface area contributed by atoms with E-state index in [-0.39, 0.29) is 5.97 Å². The number of hydrogen-bond donors (Lipinski definition) is 0. The Bertz CT molecular complexity index is 575. The Hall–Kier alpha value is -2.01. The van der Waals surface area contributed by atoms with Gasteiger partial charge in [0, 0.05) is 18.1 Å². The molecule has 1 aromatic carbocycles. The molecule has 0 spiro atoms. The summed E-state index contributed by atoms with van der Waals surface area (Å²) >= 11 is 0. The molecule has 0 radical (unpaired) electrons. The van der Waals surface area contributed by atoms with Gasteiger partial charge in [-0.3, -0.25) is 0 Å². The van der Waals surface area contributed by atoms with Crippen molar-refractivity contribution in [1.29, 1.82) is 0 Å². The Morgan fingerprint density at radius 1 is 1.00 bits per heavy atom. The monoisotopic (exact) mass is 340 g/mol. The van der Waals surface area contributed by atoms with E-state index in [2.05, 4.69) is 23.5 Å². The summed E-state index contributed by atoms with van der Waals surface area (Å²) in [7, 11) is 1.38. The number of methoxy groups -OCH3 is 1. The Labute approximate surface area is 153 Å². The van der Waals surface area contributed by atoms with E-state index in [4.69, 9.17) is 0 Å². The van der Waals surface area contributed by atoms with Gasteiger partial charge in [-0.05, 0) is 24.1 Å². The molecule has 0 atom stereocenters. The van der Waals surface area contributed by atoms with Gasteiger partial charge in [0.25, 0.3) is 0 Å². The van der Waals surface area contributed by atoms with E-state index in [1.165, 1.54) is 71.0 Å². The lowest BCUT2D eigenvalue weighted by Gasteiger charge is -2.00. The maximum Gasteiger partial charge on any atom is 0.330 e. The second-order valence-corrected chi connectivity index (χ2v) is 6.32. The van der Waals surface area contributed by atoms with Crippen LogP contribution >= 0.6 is 0 Å². The quantitative estimate of drug-likeness (QED) is 0.209. The Morgan fingerprint density at radius 2 is 1.64 bits per heavy atom. The fraction of sp³-hybridized carbons (Fsp3) is 0.522. The maximum absolute atomic E-state index is 11.2. The first-order valence-electron chi connectivity index (χ1n) is 9.62. The molecule has 0 aliphatic carbocycles. The molecule has 0 aromatic heterocycles. The summed E-state index contributed by atoms with van der Waals surface area (Å²) < 4.78 is 4.62. The van der Waals surface area contributed by atoms with Crippen LogP contribution in [-0.4, -0.2) is 13.1 Å². The number of carbonyl (C=O) groups is 1. The van der Waals surface area contributed by atoms with Gasteiger partial charge < -0.3 is 4.74 Å². The Kier molecular flexibility index (Phi) is 12.1. The van der Waals surface area contributed by atoms with Crippen molar-refractivity contribution in [3.05, 3.63) is 41.5 Å². The van der Waals surface area contributed by atoms with Crippen LogP contribution in [0.25, 0.3) is 6.08 Å². The Morgan fingerprint density at radius 3 is 2.32 bits per heavy atom. The van der Waals surface area contributed by atoms with Crippen LogP contribution in [0.15, 0.2) is 30.3 Å². The van der Waals surface area contributed by atoms with Crippen molar-refractivity contribution in [1.82, 2.24) is 0 Å². The highest BCUT2D eigenvalue weighted by atomic mass is 16.5.